The van der Waals surface area contributed by atoms with Crippen LogP contribution in [-0.2, 0) is 19.5 Å². The maximum absolute atomic E-state index is 4.72. The van der Waals surface area contributed by atoms with E-state index in [9.17, 15) is 0 Å². The van der Waals surface area contributed by atoms with Crippen molar-refractivity contribution in [3.8, 4) is 0 Å². The summed E-state index contributed by atoms with van der Waals surface area (Å²) in [4.78, 5) is 4.72. The number of aromatic nitrogens is 3. The molecule has 0 atom stereocenters. The van der Waals surface area contributed by atoms with Gasteiger partial charge >= 0.3 is 0 Å². The third-order valence-electron chi connectivity index (χ3n) is 4.06. The topological polar surface area (TPSA) is 67.1 Å². The van der Waals surface area contributed by atoms with Crippen LogP contribution in [-0.4, -0.2) is 33.8 Å². The Hall–Kier alpha value is -1.16. The SMILES string of the molecule is CCCCCNC(=NCc1ccc(Br)cc1)NCCn1cnnc1CC.I. The Kier molecular flexibility index (Phi) is 12.3. The van der Waals surface area contributed by atoms with Crippen LogP contribution in [0.4, 0.5) is 0 Å². The van der Waals surface area contributed by atoms with Crippen molar-refractivity contribution in [1.29, 1.82) is 0 Å². The van der Waals surface area contributed by atoms with Crippen molar-refractivity contribution in [2.45, 2.75) is 52.6 Å². The van der Waals surface area contributed by atoms with Gasteiger partial charge in [0.15, 0.2) is 5.96 Å². The summed E-state index contributed by atoms with van der Waals surface area (Å²) in [5.41, 5.74) is 1.19. The average Bonchev–Trinajstić information content (AvgIpc) is 3.11. The summed E-state index contributed by atoms with van der Waals surface area (Å²) in [6.07, 6.45) is 6.27. The molecule has 0 unspecified atom stereocenters. The van der Waals surface area contributed by atoms with Gasteiger partial charge in [0.25, 0.3) is 0 Å². The van der Waals surface area contributed by atoms with Gasteiger partial charge in [0.05, 0.1) is 6.54 Å². The minimum absolute atomic E-state index is 0. The van der Waals surface area contributed by atoms with Crippen LogP contribution in [0.5, 0.6) is 0 Å². The second-order valence-electron chi connectivity index (χ2n) is 6.15. The highest BCUT2D eigenvalue weighted by molar-refractivity contribution is 14.0. The molecule has 0 amide bonds. The number of nitrogens with one attached hydrogen (secondary N) is 2. The molecule has 0 saturated heterocycles. The number of aliphatic imine (C=N–C) groups is 1. The first-order valence-electron chi connectivity index (χ1n) is 9.36. The summed E-state index contributed by atoms with van der Waals surface area (Å²) in [6, 6.07) is 8.27. The van der Waals surface area contributed by atoms with E-state index in [-0.39, 0.29) is 24.0 Å². The van der Waals surface area contributed by atoms with Crippen molar-refractivity contribution in [2.24, 2.45) is 4.99 Å². The van der Waals surface area contributed by atoms with Crippen molar-refractivity contribution >= 4 is 45.9 Å². The second-order valence-corrected chi connectivity index (χ2v) is 7.06. The van der Waals surface area contributed by atoms with E-state index in [4.69, 9.17) is 4.99 Å². The van der Waals surface area contributed by atoms with E-state index >= 15 is 0 Å². The highest BCUT2D eigenvalue weighted by atomic mass is 127. The second kappa shape index (κ2) is 13.9. The molecule has 150 valence electrons. The minimum Gasteiger partial charge on any atom is -0.356 e. The van der Waals surface area contributed by atoms with Crippen LogP contribution in [0.25, 0.3) is 0 Å². The molecule has 1 aromatic heterocycles. The molecule has 1 aromatic carbocycles. The van der Waals surface area contributed by atoms with E-state index in [2.05, 4.69) is 67.3 Å². The standard InChI is InChI=1S/C19H29BrN6.HI/c1-3-5-6-11-21-19(23-14-16-7-9-17(20)10-8-16)22-12-13-26-15-24-25-18(26)4-2;/h7-10,15H,3-6,11-14H2,1-2H3,(H2,21,22,23);1H. The molecule has 6 nitrogen and oxygen atoms in total. The number of unbranched alkanes of at least 4 members (excludes halogenated alkanes) is 2. The summed E-state index contributed by atoms with van der Waals surface area (Å²) in [6.45, 7) is 7.50. The third kappa shape index (κ3) is 9.05. The summed E-state index contributed by atoms with van der Waals surface area (Å²) in [7, 11) is 0. The zero-order valence-corrected chi connectivity index (χ0v) is 20.0. The molecule has 0 bridgehead atoms. The van der Waals surface area contributed by atoms with Gasteiger partial charge in [-0.3, -0.25) is 0 Å². The smallest absolute Gasteiger partial charge is 0.191 e. The normalized spacial score (nSPS) is 11.1. The zero-order valence-electron chi connectivity index (χ0n) is 16.1. The molecule has 0 aliphatic carbocycles. The number of benzene rings is 1. The molecule has 0 aliphatic heterocycles. The van der Waals surface area contributed by atoms with Gasteiger partial charge in [-0.2, -0.15) is 0 Å². The van der Waals surface area contributed by atoms with E-state index in [0.29, 0.717) is 6.54 Å². The van der Waals surface area contributed by atoms with Crippen molar-refractivity contribution in [3.63, 3.8) is 0 Å². The molecule has 1 heterocycles. The Bertz CT molecular complexity index is 671. The van der Waals surface area contributed by atoms with Crippen LogP contribution in [0.2, 0.25) is 0 Å². The molecule has 2 rings (SSSR count). The molecular formula is C19H30BrIN6. The molecule has 27 heavy (non-hydrogen) atoms. The fourth-order valence-electron chi connectivity index (χ4n) is 2.55. The van der Waals surface area contributed by atoms with E-state index in [1.54, 1.807) is 6.33 Å². The van der Waals surface area contributed by atoms with Gasteiger partial charge in [-0.15, -0.1) is 34.2 Å². The fourth-order valence-corrected chi connectivity index (χ4v) is 2.81. The molecule has 2 N–H and O–H groups in total. The van der Waals surface area contributed by atoms with Crippen LogP contribution in [0, 0.1) is 0 Å². The molecule has 2 aromatic rings. The summed E-state index contributed by atoms with van der Waals surface area (Å²) in [5, 5.41) is 15.0. The highest BCUT2D eigenvalue weighted by Gasteiger charge is 2.03. The predicted molar refractivity (Wildman–Crippen MR) is 126 cm³/mol. The van der Waals surface area contributed by atoms with Gasteiger partial charge < -0.3 is 15.2 Å². The Morgan fingerprint density at radius 2 is 1.85 bits per heavy atom. The molecule has 0 aliphatic rings. The van der Waals surface area contributed by atoms with Crippen molar-refractivity contribution < 1.29 is 0 Å². The van der Waals surface area contributed by atoms with Crippen LogP contribution < -0.4 is 10.6 Å². The lowest BCUT2D eigenvalue weighted by molar-refractivity contribution is 0.625. The zero-order chi connectivity index (χ0) is 18.6. The van der Waals surface area contributed by atoms with E-state index in [1.807, 2.05) is 12.1 Å². The van der Waals surface area contributed by atoms with Crippen LogP contribution in [0.15, 0.2) is 40.1 Å². The van der Waals surface area contributed by atoms with Crippen molar-refractivity contribution in [2.75, 3.05) is 13.1 Å². The maximum Gasteiger partial charge on any atom is 0.191 e. The van der Waals surface area contributed by atoms with Crippen molar-refractivity contribution in [1.82, 2.24) is 25.4 Å². The number of hydrogen-bond acceptors (Lipinski definition) is 3. The highest BCUT2D eigenvalue weighted by Crippen LogP contribution is 2.11. The van der Waals surface area contributed by atoms with E-state index in [0.717, 1.165) is 48.7 Å². The van der Waals surface area contributed by atoms with E-state index in [1.165, 1.54) is 18.4 Å². The number of halogens is 2. The first-order valence-corrected chi connectivity index (χ1v) is 10.2. The Morgan fingerprint density at radius 3 is 2.56 bits per heavy atom. The number of guanidine groups is 1. The van der Waals surface area contributed by atoms with Gasteiger partial charge in [0.1, 0.15) is 12.2 Å². The van der Waals surface area contributed by atoms with E-state index < -0.39 is 0 Å². The lowest BCUT2D eigenvalue weighted by Gasteiger charge is -2.13. The third-order valence-corrected chi connectivity index (χ3v) is 4.59. The quantitative estimate of drug-likeness (QED) is 0.203. The first-order chi connectivity index (χ1) is 12.7. The Labute approximate surface area is 187 Å². The lowest BCUT2D eigenvalue weighted by Crippen LogP contribution is -2.39. The molecule has 8 heteroatoms. The largest absolute Gasteiger partial charge is 0.356 e. The molecule has 0 saturated carbocycles. The van der Waals surface area contributed by atoms with Gasteiger partial charge in [0.2, 0.25) is 0 Å². The fraction of sp³-hybridized carbons (Fsp3) is 0.526. The van der Waals surface area contributed by atoms with Gasteiger partial charge in [-0.25, -0.2) is 4.99 Å². The Balaban J connectivity index is 0.00000364. The number of hydrogen-bond donors (Lipinski definition) is 2. The van der Waals surface area contributed by atoms with Gasteiger partial charge in [-0.05, 0) is 24.1 Å². The van der Waals surface area contributed by atoms with Crippen molar-refractivity contribution in [3.05, 3.63) is 46.5 Å². The molecular weight excluding hydrogens is 519 g/mol. The predicted octanol–water partition coefficient (Wildman–Crippen LogP) is 4.15. The molecule has 0 radical (unpaired) electrons. The average molecular weight is 549 g/mol. The molecule has 0 spiro atoms. The number of nitrogens with zero attached hydrogens (tertiary/aromatic N) is 4. The monoisotopic (exact) mass is 548 g/mol. The summed E-state index contributed by atoms with van der Waals surface area (Å²) < 4.78 is 3.16. The van der Waals surface area contributed by atoms with Crippen LogP contribution >= 0.6 is 39.9 Å². The maximum atomic E-state index is 4.72. The first kappa shape index (κ1) is 23.9. The summed E-state index contributed by atoms with van der Waals surface area (Å²) in [5.74, 6) is 1.87. The summed E-state index contributed by atoms with van der Waals surface area (Å²) >= 11 is 3.47. The van der Waals surface area contributed by atoms with Gasteiger partial charge in [-0.1, -0.05) is 54.8 Å². The Morgan fingerprint density at radius 1 is 1.11 bits per heavy atom. The molecule has 0 fully saturated rings. The minimum atomic E-state index is 0. The van der Waals surface area contributed by atoms with Crippen LogP contribution in [0.1, 0.15) is 44.5 Å². The van der Waals surface area contributed by atoms with Gasteiger partial charge in [0, 0.05) is 30.5 Å². The number of aryl methyl sites for hydroxylation is 1. The van der Waals surface area contributed by atoms with Crippen LogP contribution in [0.3, 0.4) is 0 Å². The number of rotatable bonds is 10. The lowest BCUT2D eigenvalue weighted by atomic mass is 10.2.